The predicted octanol–water partition coefficient (Wildman–Crippen LogP) is 1.16. The lowest BCUT2D eigenvalue weighted by atomic mass is 10.2. The molecule has 14 heavy (non-hydrogen) atoms. The summed E-state index contributed by atoms with van der Waals surface area (Å²) in [6.45, 7) is 2.63. The Balaban J connectivity index is 2.34. The number of nitrogens with zero attached hydrogens (tertiary/aromatic N) is 1. The van der Waals surface area contributed by atoms with Gasteiger partial charge in [0.2, 0.25) is 5.91 Å². The van der Waals surface area contributed by atoms with Crippen LogP contribution in [0.15, 0.2) is 12.2 Å². The van der Waals surface area contributed by atoms with E-state index < -0.39 is 0 Å². The molecule has 0 saturated carbocycles. The zero-order valence-electron chi connectivity index (χ0n) is 8.96. The van der Waals surface area contributed by atoms with Crippen molar-refractivity contribution < 1.29 is 4.79 Å². The molecule has 0 bridgehead atoms. The minimum atomic E-state index is 0.169. The van der Waals surface area contributed by atoms with Crippen molar-refractivity contribution in [3.63, 3.8) is 0 Å². The molecule has 1 saturated heterocycles. The molecule has 3 nitrogen and oxygen atoms in total. The van der Waals surface area contributed by atoms with Crippen LogP contribution in [0.2, 0.25) is 0 Å². The van der Waals surface area contributed by atoms with Crippen molar-refractivity contribution in [1.29, 1.82) is 0 Å². The van der Waals surface area contributed by atoms with Gasteiger partial charge in [-0.2, -0.15) is 0 Å². The van der Waals surface area contributed by atoms with Gasteiger partial charge in [-0.05, 0) is 19.9 Å². The molecule has 1 aliphatic heterocycles. The van der Waals surface area contributed by atoms with Gasteiger partial charge in [0.25, 0.3) is 0 Å². The van der Waals surface area contributed by atoms with Crippen molar-refractivity contribution >= 4 is 5.91 Å². The van der Waals surface area contributed by atoms with Crippen LogP contribution in [0.1, 0.15) is 25.7 Å². The number of nitrogens with one attached hydrogen (secondary N) is 1. The molecule has 0 atom stereocenters. The fraction of sp³-hybridized carbons (Fsp3) is 0.727. The summed E-state index contributed by atoms with van der Waals surface area (Å²) >= 11 is 0. The molecule has 1 rings (SSSR count). The third-order valence-corrected chi connectivity index (χ3v) is 2.50. The van der Waals surface area contributed by atoms with Crippen molar-refractivity contribution in [3.8, 4) is 0 Å². The summed E-state index contributed by atoms with van der Waals surface area (Å²) in [5.74, 6) is 0.169. The number of amides is 1. The van der Waals surface area contributed by atoms with E-state index in [1.54, 1.807) is 6.08 Å². The van der Waals surface area contributed by atoms with E-state index in [0.29, 0.717) is 0 Å². The van der Waals surface area contributed by atoms with Gasteiger partial charge in [0.1, 0.15) is 0 Å². The van der Waals surface area contributed by atoms with Crippen LogP contribution < -0.4 is 5.32 Å². The maximum atomic E-state index is 11.6. The summed E-state index contributed by atoms with van der Waals surface area (Å²) in [5, 5.41) is 2.98. The first kappa shape index (κ1) is 11.2. The number of hydrogen-bond donors (Lipinski definition) is 1. The monoisotopic (exact) mass is 196 g/mol. The van der Waals surface area contributed by atoms with Crippen molar-refractivity contribution in [3.05, 3.63) is 12.2 Å². The minimum Gasteiger partial charge on any atom is -0.339 e. The molecule has 0 aromatic rings. The number of rotatable bonds is 3. The summed E-state index contributed by atoms with van der Waals surface area (Å²) in [4.78, 5) is 13.6. The summed E-state index contributed by atoms with van der Waals surface area (Å²) in [7, 11) is 1.88. The van der Waals surface area contributed by atoms with E-state index in [1.807, 2.05) is 18.0 Å². The van der Waals surface area contributed by atoms with Crippen molar-refractivity contribution in [2.24, 2.45) is 0 Å². The smallest absolute Gasteiger partial charge is 0.246 e. The second-order valence-electron chi connectivity index (χ2n) is 3.70. The lowest BCUT2D eigenvalue weighted by Gasteiger charge is -2.17. The third kappa shape index (κ3) is 3.92. The van der Waals surface area contributed by atoms with E-state index in [4.69, 9.17) is 0 Å². The predicted molar refractivity (Wildman–Crippen MR) is 58.1 cm³/mol. The van der Waals surface area contributed by atoms with Crippen LogP contribution >= 0.6 is 0 Å². The van der Waals surface area contributed by atoms with E-state index in [9.17, 15) is 4.79 Å². The van der Waals surface area contributed by atoms with E-state index in [-0.39, 0.29) is 5.91 Å². The number of carbonyl (C=O) groups is 1. The third-order valence-electron chi connectivity index (χ3n) is 2.50. The Kier molecular flexibility index (Phi) is 5.30. The van der Waals surface area contributed by atoms with Crippen LogP contribution in [-0.4, -0.2) is 37.5 Å². The Morgan fingerprint density at radius 3 is 2.50 bits per heavy atom. The molecule has 1 fully saturated rings. The van der Waals surface area contributed by atoms with Crippen molar-refractivity contribution in [1.82, 2.24) is 10.2 Å². The van der Waals surface area contributed by atoms with Crippen LogP contribution in [0.5, 0.6) is 0 Å². The summed E-state index contributed by atoms with van der Waals surface area (Å²) in [5.41, 5.74) is 0. The minimum absolute atomic E-state index is 0.169. The molecule has 1 N–H and O–H groups in total. The standard InChI is InChI=1S/C11H20N2O/c1-12-8-6-7-11(14)13-9-4-2-3-5-10-13/h6-7,12H,2-5,8-10H2,1H3/b7-6+. The largest absolute Gasteiger partial charge is 0.339 e. The molecule has 1 amide bonds. The van der Waals surface area contributed by atoms with Crippen LogP contribution in [0.3, 0.4) is 0 Å². The van der Waals surface area contributed by atoms with E-state index in [2.05, 4.69) is 5.32 Å². The maximum absolute atomic E-state index is 11.6. The Morgan fingerprint density at radius 2 is 1.93 bits per heavy atom. The molecule has 0 radical (unpaired) electrons. The molecule has 0 aromatic heterocycles. The number of likely N-dealkylation sites (N-methyl/N-ethyl adjacent to an activating group) is 1. The van der Waals surface area contributed by atoms with Crippen molar-refractivity contribution in [2.75, 3.05) is 26.7 Å². The molecule has 0 unspecified atom stereocenters. The maximum Gasteiger partial charge on any atom is 0.246 e. The lowest BCUT2D eigenvalue weighted by Crippen LogP contribution is -2.30. The quantitative estimate of drug-likeness (QED) is 0.687. The molecule has 80 valence electrons. The van der Waals surface area contributed by atoms with Crippen LogP contribution in [-0.2, 0) is 4.79 Å². The average molecular weight is 196 g/mol. The molecule has 0 aromatic carbocycles. The van der Waals surface area contributed by atoms with Gasteiger partial charge in [-0.25, -0.2) is 0 Å². The van der Waals surface area contributed by atoms with Crippen molar-refractivity contribution in [2.45, 2.75) is 25.7 Å². The number of carbonyl (C=O) groups excluding carboxylic acids is 1. The zero-order chi connectivity index (χ0) is 10.2. The molecule has 1 aliphatic rings. The first-order valence-electron chi connectivity index (χ1n) is 5.44. The molecule has 0 spiro atoms. The number of hydrogen-bond acceptors (Lipinski definition) is 2. The van der Waals surface area contributed by atoms with Gasteiger partial charge >= 0.3 is 0 Å². The Morgan fingerprint density at radius 1 is 1.29 bits per heavy atom. The normalized spacial score (nSPS) is 18.5. The highest BCUT2D eigenvalue weighted by atomic mass is 16.2. The van der Waals surface area contributed by atoms with Crippen LogP contribution in [0, 0.1) is 0 Å². The second-order valence-corrected chi connectivity index (χ2v) is 3.70. The van der Waals surface area contributed by atoms with Crippen LogP contribution in [0.25, 0.3) is 0 Å². The van der Waals surface area contributed by atoms with Gasteiger partial charge in [-0.1, -0.05) is 18.9 Å². The average Bonchev–Trinajstić information content (AvgIpc) is 2.46. The van der Waals surface area contributed by atoms with Gasteiger partial charge < -0.3 is 10.2 Å². The summed E-state index contributed by atoms with van der Waals surface area (Å²) in [6.07, 6.45) is 8.42. The van der Waals surface area contributed by atoms with Gasteiger partial charge in [-0.3, -0.25) is 4.79 Å². The van der Waals surface area contributed by atoms with E-state index in [1.165, 1.54) is 12.8 Å². The van der Waals surface area contributed by atoms with E-state index in [0.717, 1.165) is 32.5 Å². The van der Waals surface area contributed by atoms with Gasteiger partial charge in [0, 0.05) is 25.7 Å². The summed E-state index contributed by atoms with van der Waals surface area (Å²) < 4.78 is 0. The fourth-order valence-corrected chi connectivity index (χ4v) is 1.67. The Bertz CT molecular complexity index is 193. The highest BCUT2D eigenvalue weighted by molar-refractivity contribution is 5.87. The molecule has 1 heterocycles. The van der Waals surface area contributed by atoms with Gasteiger partial charge in [0.05, 0.1) is 0 Å². The van der Waals surface area contributed by atoms with Crippen LogP contribution in [0.4, 0.5) is 0 Å². The Labute approximate surface area is 86.2 Å². The zero-order valence-corrected chi connectivity index (χ0v) is 8.96. The molecule has 3 heteroatoms. The molecule has 0 aliphatic carbocycles. The van der Waals surface area contributed by atoms with Gasteiger partial charge in [0.15, 0.2) is 0 Å². The topological polar surface area (TPSA) is 32.3 Å². The first-order chi connectivity index (χ1) is 6.84. The summed E-state index contributed by atoms with van der Waals surface area (Å²) in [6, 6.07) is 0. The van der Waals surface area contributed by atoms with E-state index >= 15 is 0 Å². The lowest BCUT2D eigenvalue weighted by molar-refractivity contribution is -0.126. The highest BCUT2D eigenvalue weighted by Gasteiger charge is 2.12. The second kappa shape index (κ2) is 6.60. The fourth-order valence-electron chi connectivity index (χ4n) is 1.67. The number of likely N-dealkylation sites (tertiary alicyclic amines) is 1. The molecular weight excluding hydrogens is 176 g/mol. The highest BCUT2D eigenvalue weighted by Crippen LogP contribution is 2.09. The van der Waals surface area contributed by atoms with Gasteiger partial charge in [-0.15, -0.1) is 0 Å². The Hall–Kier alpha value is -0.830. The first-order valence-corrected chi connectivity index (χ1v) is 5.44. The SMILES string of the molecule is CNC/C=C/C(=O)N1CCCCCC1. The molecular formula is C11H20N2O.